The van der Waals surface area contributed by atoms with Crippen molar-refractivity contribution in [2.24, 2.45) is 0 Å². The van der Waals surface area contributed by atoms with Gasteiger partial charge in [-0.25, -0.2) is 0 Å². The topological polar surface area (TPSA) is 22.1 Å². The molecule has 0 aliphatic carbocycles. The van der Waals surface area contributed by atoms with Gasteiger partial charge in [0.2, 0.25) is 0 Å². The lowest BCUT2D eigenvalue weighted by atomic mass is 10.2. The van der Waals surface area contributed by atoms with E-state index in [9.17, 15) is 0 Å². The average molecular weight is 165 g/mol. The normalized spacial score (nSPS) is 9.92. The van der Waals surface area contributed by atoms with Crippen molar-refractivity contribution in [3.8, 4) is 5.75 Å². The summed E-state index contributed by atoms with van der Waals surface area (Å²) in [6.07, 6.45) is 2.84. The molecule has 0 spiro atoms. The zero-order valence-electron chi connectivity index (χ0n) is 7.92. The number of pyridine rings is 1. The van der Waals surface area contributed by atoms with Crippen LogP contribution < -0.4 is 4.74 Å². The number of nitrogens with zero attached hydrogens (tertiary/aromatic N) is 1. The molecule has 0 aliphatic rings. The summed E-state index contributed by atoms with van der Waals surface area (Å²) in [6.45, 7) is 6.88. The lowest BCUT2D eigenvalue weighted by molar-refractivity contribution is 0.311. The second kappa shape index (κ2) is 4.10. The van der Waals surface area contributed by atoms with Gasteiger partial charge in [0.05, 0.1) is 12.3 Å². The minimum absolute atomic E-state index is 0.771. The molecule has 0 N–H and O–H groups in total. The van der Waals surface area contributed by atoms with Crippen LogP contribution >= 0.6 is 0 Å². The zero-order valence-corrected chi connectivity index (χ0v) is 7.92. The van der Waals surface area contributed by atoms with Crippen LogP contribution in [0.1, 0.15) is 24.6 Å². The van der Waals surface area contributed by atoms with E-state index in [1.165, 1.54) is 0 Å². The predicted octanol–water partition coefficient (Wildman–Crippen LogP) is 2.49. The Kier molecular flexibility index (Phi) is 3.09. The van der Waals surface area contributed by atoms with Gasteiger partial charge in [0.15, 0.2) is 0 Å². The molecule has 0 fully saturated rings. The van der Waals surface area contributed by atoms with Gasteiger partial charge in [-0.2, -0.15) is 0 Å². The van der Waals surface area contributed by atoms with Gasteiger partial charge >= 0.3 is 0 Å². The molecule has 0 amide bonds. The van der Waals surface area contributed by atoms with Gasteiger partial charge in [-0.05, 0) is 31.9 Å². The molecule has 2 nitrogen and oxygen atoms in total. The van der Waals surface area contributed by atoms with E-state index in [2.05, 4.69) is 11.9 Å². The molecular weight excluding hydrogens is 150 g/mol. The maximum atomic E-state index is 5.55. The van der Waals surface area contributed by atoms with Crippen molar-refractivity contribution in [1.29, 1.82) is 0 Å². The van der Waals surface area contributed by atoms with Crippen molar-refractivity contribution in [3.63, 3.8) is 0 Å². The molecule has 0 saturated carbocycles. The van der Waals surface area contributed by atoms with Crippen molar-refractivity contribution in [2.75, 3.05) is 6.61 Å². The Hall–Kier alpha value is -1.05. The molecule has 0 atom stereocenters. The molecule has 0 aromatic carbocycles. The van der Waals surface area contributed by atoms with E-state index in [1.54, 1.807) is 0 Å². The number of hydrogen-bond acceptors (Lipinski definition) is 2. The summed E-state index contributed by atoms with van der Waals surface area (Å²) in [5.74, 6) is 0.944. The minimum atomic E-state index is 0.771. The average Bonchev–Trinajstić information content (AvgIpc) is 2.04. The van der Waals surface area contributed by atoms with Gasteiger partial charge in [0.25, 0.3) is 0 Å². The fourth-order valence-corrected chi connectivity index (χ4v) is 1.10. The molecule has 0 aliphatic heterocycles. The molecule has 0 radical (unpaired) electrons. The van der Waals surface area contributed by atoms with Gasteiger partial charge in [-0.3, -0.25) is 4.98 Å². The maximum absolute atomic E-state index is 5.55. The van der Waals surface area contributed by atoms with Crippen LogP contribution in [0.4, 0.5) is 0 Å². The lowest BCUT2D eigenvalue weighted by Crippen LogP contribution is -2.00. The van der Waals surface area contributed by atoms with Crippen molar-refractivity contribution >= 4 is 0 Å². The molecule has 12 heavy (non-hydrogen) atoms. The summed E-state index contributed by atoms with van der Waals surface area (Å²) in [4.78, 5) is 4.17. The van der Waals surface area contributed by atoms with Crippen LogP contribution in [0.3, 0.4) is 0 Å². The zero-order chi connectivity index (χ0) is 8.97. The molecule has 1 aromatic rings. The minimum Gasteiger partial charge on any atom is -0.491 e. The summed E-state index contributed by atoms with van der Waals surface area (Å²) in [5, 5.41) is 0. The van der Waals surface area contributed by atoms with E-state index in [0.29, 0.717) is 0 Å². The monoisotopic (exact) mass is 165 g/mol. The first-order valence-electron chi connectivity index (χ1n) is 4.30. The second-order valence-electron chi connectivity index (χ2n) is 2.89. The van der Waals surface area contributed by atoms with E-state index < -0.39 is 0 Å². The highest BCUT2D eigenvalue weighted by Crippen LogP contribution is 2.19. The van der Waals surface area contributed by atoms with E-state index in [1.807, 2.05) is 26.1 Å². The largest absolute Gasteiger partial charge is 0.491 e. The van der Waals surface area contributed by atoms with Crippen molar-refractivity contribution in [3.05, 3.63) is 23.5 Å². The number of aromatic nitrogens is 1. The quantitative estimate of drug-likeness (QED) is 0.686. The summed E-state index contributed by atoms with van der Waals surface area (Å²) < 4.78 is 5.55. The third kappa shape index (κ3) is 1.97. The summed E-state index contributed by atoms with van der Waals surface area (Å²) >= 11 is 0. The number of ether oxygens (including phenoxy) is 1. The van der Waals surface area contributed by atoms with Gasteiger partial charge in [0, 0.05) is 6.20 Å². The number of aryl methyl sites for hydroxylation is 2. The molecule has 1 rings (SSSR count). The summed E-state index contributed by atoms with van der Waals surface area (Å²) in [6, 6.07) is 1.97. The van der Waals surface area contributed by atoms with Crippen molar-refractivity contribution in [2.45, 2.75) is 27.2 Å². The molecule has 0 unspecified atom stereocenters. The molecule has 0 saturated heterocycles. The Morgan fingerprint density at radius 2 is 2.17 bits per heavy atom. The third-order valence-electron chi connectivity index (χ3n) is 1.73. The van der Waals surface area contributed by atoms with Gasteiger partial charge in [-0.15, -0.1) is 0 Å². The van der Waals surface area contributed by atoms with Gasteiger partial charge < -0.3 is 4.74 Å². The van der Waals surface area contributed by atoms with Gasteiger partial charge in [0.1, 0.15) is 5.75 Å². The molecule has 1 aromatic heterocycles. The Labute approximate surface area is 73.6 Å². The highest BCUT2D eigenvalue weighted by atomic mass is 16.5. The summed E-state index contributed by atoms with van der Waals surface area (Å²) in [5.41, 5.74) is 2.14. The van der Waals surface area contributed by atoms with E-state index in [0.717, 1.165) is 30.0 Å². The number of hydrogen-bond donors (Lipinski definition) is 0. The second-order valence-corrected chi connectivity index (χ2v) is 2.89. The highest BCUT2D eigenvalue weighted by molar-refractivity contribution is 5.34. The molecule has 0 bridgehead atoms. The van der Waals surface area contributed by atoms with E-state index in [-0.39, 0.29) is 0 Å². The Bertz CT molecular complexity index is 238. The molecule has 1 heterocycles. The van der Waals surface area contributed by atoms with Crippen molar-refractivity contribution < 1.29 is 4.74 Å². The molecule has 2 heteroatoms. The standard InChI is InChI=1S/C10H15NO/c1-4-7-12-10-8(2)5-6-11-9(10)3/h5-6H,4,7H2,1-3H3. The Balaban J connectivity index is 2.81. The third-order valence-corrected chi connectivity index (χ3v) is 1.73. The van der Waals surface area contributed by atoms with Gasteiger partial charge in [-0.1, -0.05) is 6.92 Å². The van der Waals surface area contributed by atoms with Crippen LogP contribution in [-0.4, -0.2) is 11.6 Å². The van der Waals surface area contributed by atoms with E-state index >= 15 is 0 Å². The predicted molar refractivity (Wildman–Crippen MR) is 49.5 cm³/mol. The first-order chi connectivity index (χ1) is 5.75. The smallest absolute Gasteiger partial charge is 0.143 e. The number of rotatable bonds is 3. The lowest BCUT2D eigenvalue weighted by Gasteiger charge is -2.09. The molecular formula is C10H15NO. The maximum Gasteiger partial charge on any atom is 0.143 e. The van der Waals surface area contributed by atoms with Crippen LogP contribution in [0.15, 0.2) is 12.3 Å². The van der Waals surface area contributed by atoms with Crippen LogP contribution in [0, 0.1) is 13.8 Å². The molecule has 66 valence electrons. The van der Waals surface area contributed by atoms with Crippen LogP contribution in [-0.2, 0) is 0 Å². The van der Waals surface area contributed by atoms with Crippen LogP contribution in [0.25, 0.3) is 0 Å². The SMILES string of the molecule is CCCOc1c(C)ccnc1C. The summed E-state index contributed by atoms with van der Waals surface area (Å²) in [7, 11) is 0. The Morgan fingerprint density at radius 1 is 1.42 bits per heavy atom. The fraction of sp³-hybridized carbons (Fsp3) is 0.500. The highest BCUT2D eigenvalue weighted by Gasteiger charge is 2.02. The first kappa shape index (κ1) is 9.04. The van der Waals surface area contributed by atoms with Crippen LogP contribution in [0.5, 0.6) is 5.75 Å². The van der Waals surface area contributed by atoms with Crippen LogP contribution in [0.2, 0.25) is 0 Å². The van der Waals surface area contributed by atoms with Crippen molar-refractivity contribution in [1.82, 2.24) is 4.98 Å². The fourth-order valence-electron chi connectivity index (χ4n) is 1.10. The first-order valence-corrected chi connectivity index (χ1v) is 4.30. The Morgan fingerprint density at radius 3 is 2.75 bits per heavy atom. The van der Waals surface area contributed by atoms with E-state index in [4.69, 9.17) is 4.74 Å².